The molecular weight excluding hydrogens is 454 g/mol. The number of hydrogen-bond donors (Lipinski definition) is 1. The van der Waals surface area contributed by atoms with Crippen LogP contribution in [0.5, 0.6) is 0 Å². The van der Waals surface area contributed by atoms with Crippen molar-refractivity contribution < 1.29 is 4.42 Å². The van der Waals surface area contributed by atoms with E-state index < -0.39 is 0 Å². The van der Waals surface area contributed by atoms with Crippen LogP contribution in [0, 0.1) is 0 Å². The Bertz CT molecular complexity index is 1790. The second-order valence-electron chi connectivity index (χ2n) is 9.09. The average Bonchev–Trinajstić information content (AvgIpc) is 3.36. The van der Waals surface area contributed by atoms with Crippen molar-refractivity contribution in [2.75, 3.05) is 0 Å². The van der Waals surface area contributed by atoms with Crippen LogP contribution in [-0.4, -0.2) is 11.7 Å². The van der Waals surface area contributed by atoms with Gasteiger partial charge in [0, 0.05) is 21.9 Å². The van der Waals surface area contributed by atoms with Crippen molar-refractivity contribution in [1.29, 1.82) is 0 Å². The van der Waals surface area contributed by atoms with E-state index in [0.717, 1.165) is 61.4 Å². The molecule has 0 radical (unpaired) electrons. The van der Waals surface area contributed by atoms with Crippen LogP contribution < -0.4 is 5.32 Å². The van der Waals surface area contributed by atoms with Crippen LogP contribution in [0.25, 0.3) is 33.1 Å². The molecule has 176 valence electrons. The Hall–Kier alpha value is -4.96. The number of benzene rings is 5. The molecule has 0 aliphatic carbocycles. The lowest BCUT2D eigenvalue weighted by molar-refractivity contribution is 0.669. The Labute approximate surface area is 214 Å². The predicted octanol–water partition coefficient (Wildman–Crippen LogP) is 7.75. The van der Waals surface area contributed by atoms with Gasteiger partial charge in [0.05, 0.1) is 0 Å². The molecule has 4 nitrogen and oxygen atoms in total. The lowest BCUT2D eigenvalue weighted by Gasteiger charge is -2.22. The number of nitrogens with zero attached hydrogens (tertiary/aromatic N) is 2. The zero-order valence-corrected chi connectivity index (χ0v) is 20.0. The van der Waals surface area contributed by atoms with Gasteiger partial charge in [0.2, 0.25) is 0 Å². The van der Waals surface area contributed by atoms with E-state index >= 15 is 0 Å². The van der Waals surface area contributed by atoms with Gasteiger partial charge in [0.25, 0.3) is 0 Å². The molecule has 1 aromatic heterocycles. The van der Waals surface area contributed by atoms with Crippen molar-refractivity contribution in [2.45, 2.75) is 6.17 Å². The van der Waals surface area contributed by atoms with E-state index in [4.69, 9.17) is 14.4 Å². The van der Waals surface area contributed by atoms with Crippen LogP contribution in [0.15, 0.2) is 142 Å². The van der Waals surface area contributed by atoms with Gasteiger partial charge in [-0.15, -0.1) is 0 Å². The van der Waals surface area contributed by atoms with E-state index in [1.165, 1.54) is 0 Å². The molecule has 1 unspecified atom stereocenters. The third kappa shape index (κ3) is 3.89. The quantitative estimate of drug-likeness (QED) is 0.282. The third-order valence-electron chi connectivity index (χ3n) is 6.72. The molecule has 37 heavy (non-hydrogen) atoms. The lowest BCUT2D eigenvalue weighted by Crippen LogP contribution is -2.36. The maximum Gasteiger partial charge on any atom is 0.169 e. The SMILES string of the molecule is c1ccc(C2=NC(c3ccccc3)N=C(c3cc(-c4ccccc4)c4c(c3)oc3ccccc34)N2)cc1. The zero-order chi connectivity index (χ0) is 24.6. The summed E-state index contributed by atoms with van der Waals surface area (Å²) in [6, 6.07) is 43.3. The van der Waals surface area contributed by atoms with Gasteiger partial charge in [-0.1, -0.05) is 109 Å². The van der Waals surface area contributed by atoms with Gasteiger partial charge in [-0.3, -0.25) is 0 Å². The van der Waals surface area contributed by atoms with Crippen LogP contribution in [-0.2, 0) is 0 Å². The average molecular weight is 478 g/mol. The van der Waals surface area contributed by atoms with Crippen LogP contribution in [0.2, 0.25) is 0 Å². The van der Waals surface area contributed by atoms with Gasteiger partial charge in [-0.2, -0.15) is 0 Å². The zero-order valence-electron chi connectivity index (χ0n) is 20.0. The highest BCUT2D eigenvalue weighted by Crippen LogP contribution is 2.38. The van der Waals surface area contributed by atoms with Crippen LogP contribution in [0.4, 0.5) is 0 Å². The van der Waals surface area contributed by atoms with E-state index in [-0.39, 0.29) is 6.17 Å². The van der Waals surface area contributed by atoms with E-state index in [0.29, 0.717) is 0 Å². The standard InChI is InChI=1S/C33H23N3O/c1-4-12-22(13-5-1)27-20-25(21-29-30(27)26-18-10-11-19-28(26)37-29)33-35-31(23-14-6-2-7-15-23)34-32(36-33)24-16-8-3-9-17-24/h1-21,31H,(H,34,35,36). The molecule has 0 fully saturated rings. The first kappa shape index (κ1) is 21.3. The fourth-order valence-electron chi connectivity index (χ4n) is 4.95. The number of furan rings is 1. The number of amidine groups is 2. The Morgan fingerprint density at radius 1 is 0.541 bits per heavy atom. The highest BCUT2D eigenvalue weighted by molar-refractivity contribution is 6.19. The molecule has 0 saturated heterocycles. The van der Waals surface area contributed by atoms with Gasteiger partial charge in [-0.25, -0.2) is 9.98 Å². The largest absolute Gasteiger partial charge is 0.456 e. The van der Waals surface area contributed by atoms with Crippen molar-refractivity contribution in [1.82, 2.24) is 5.32 Å². The summed E-state index contributed by atoms with van der Waals surface area (Å²) < 4.78 is 6.36. The predicted molar refractivity (Wildman–Crippen MR) is 151 cm³/mol. The number of aliphatic imine (C=N–C) groups is 2. The number of para-hydroxylation sites is 1. The van der Waals surface area contributed by atoms with Crippen LogP contribution >= 0.6 is 0 Å². The Morgan fingerprint density at radius 3 is 1.86 bits per heavy atom. The number of nitrogens with one attached hydrogen (secondary N) is 1. The Morgan fingerprint density at radius 2 is 1.14 bits per heavy atom. The lowest BCUT2D eigenvalue weighted by atomic mass is 9.96. The maximum absolute atomic E-state index is 6.36. The summed E-state index contributed by atoms with van der Waals surface area (Å²) in [6.45, 7) is 0. The molecule has 7 rings (SSSR count). The van der Waals surface area contributed by atoms with Crippen LogP contribution in [0.1, 0.15) is 22.9 Å². The first-order valence-corrected chi connectivity index (χ1v) is 12.4. The Kier molecular flexibility index (Phi) is 5.14. The third-order valence-corrected chi connectivity index (χ3v) is 6.72. The van der Waals surface area contributed by atoms with Gasteiger partial charge in [-0.05, 0) is 34.9 Å². The molecule has 1 N–H and O–H groups in total. The van der Waals surface area contributed by atoms with E-state index in [9.17, 15) is 0 Å². The van der Waals surface area contributed by atoms with Gasteiger partial charge < -0.3 is 9.73 Å². The van der Waals surface area contributed by atoms with Crippen molar-refractivity contribution in [3.05, 3.63) is 144 Å². The minimum Gasteiger partial charge on any atom is -0.456 e. The number of rotatable bonds is 4. The monoisotopic (exact) mass is 477 g/mol. The summed E-state index contributed by atoms with van der Waals surface area (Å²) in [5.41, 5.74) is 6.97. The minimum absolute atomic E-state index is 0.348. The first-order valence-electron chi connectivity index (χ1n) is 12.4. The molecule has 1 aliphatic rings. The second kappa shape index (κ2) is 8.92. The van der Waals surface area contributed by atoms with Gasteiger partial charge >= 0.3 is 0 Å². The highest BCUT2D eigenvalue weighted by atomic mass is 16.3. The highest BCUT2D eigenvalue weighted by Gasteiger charge is 2.22. The van der Waals surface area contributed by atoms with E-state index in [2.05, 4.69) is 78.1 Å². The summed E-state index contributed by atoms with van der Waals surface area (Å²) in [5.74, 6) is 1.56. The summed E-state index contributed by atoms with van der Waals surface area (Å²) in [7, 11) is 0. The van der Waals surface area contributed by atoms with E-state index in [1.807, 2.05) is 54.6 Å². The molecular formula is C33H23N3O. The smallest absolute Gasteiger partial charge is 0.169 e. The molecule has 4 heteroatoms. The molecule has 0 saturated carbocycles. The van der Waals surface area contributed by atoms with Crippen molar-refractivity contribution in [2.24, 2.45) is 9.98 Å². The maximum atomic E-state index is 6.36. The fourth-order valence-corrected chi connectivity index (χ4v) is 4.95. The molecule has 1 aliphatic heterocycles. The molecule has 0 amide bonds. The summed E-state index contributed by atoms with van der Waals surface area (Å²) in [5, 5.41) is 5.74. The van der Waals surface area contributed by atoms with Crippen molar-refractivity contribution >= 4 is 33.6 Å². The van der Waals surface area contributed by atoms with Crippen molar-refractivity contribution in [3.8, 4) is 11.1 Å². The first-order chi connectivity index (χ1) is 18.3. The van der Waals surface area contributed by atoms with Crippen molar-refractivity contribution in [3.63, 3.8) is 0 Å². The summed E-state index contributed by atoms with van der Waals surface area (Å²) in [4.78, 5) is 10.0. The molecule has 5 aromatic carbocycles. The molecule has 1 atom stereocenters. The van der Waals surface area contributed by atoms with Gasteiger partial charge in [0.1, 0.15) is 22.8 Å². The Balaban J connectivity index is 1.44. The molecule has 0 bridgehead atoms. The second-order valence-corrected chi connectivity index (χ2v) is 9.09. The summed E-state index contributed by atoms with van der Waals surface area (Å²) >= 11 is 0. The topological polar surface area (TPSA) is 49.9 Å². The minimum atomic E-state index is -0.348. The van der Waals surface area contributed by atoms with Crippen LogP contribution in [0.3, 0.4) is 0 Å². The number of fused-ring (bicyclic) bond motifs is 3. The summed E-state index contributed by atoms with van der Waals surface area (Å²) in [6.07, 6.45) is -0.348. The fraction of sp³-hybridized carbons (Fsp3) is 0.0303. The molecule has 6 aromatic rings. The van der Waals surface area contributed by atoms with Gasteiger partial charge in [0.15, 0.2) is 6.17 Å². The molecule has 2 heterocycles. The normalized spacial score (nSPS) is 15.3. The van der Waals surface area contributed by atoms with E-state index in [1.54, 1.807) is 0 Å². The number of hydrogen-bond acceptors (Lipinski definition) is 4. The molecule has 0 spiro atoms.